The lowest BCUT2D eigenvalue weighted by atomic mass is 10.0. The average molecular weight is 400 g/mol. The van der Waals surface area contributed by atoms with Gasteiger partial charge in [0.25, 0.3) is 5.91 Å². The molecule has 4 nitrogen and oxygen atoms in total. The second kappa shape index (κ2) is 7.57. The van der Waals surface area contributed by atoms with Gasteiger partial charge in [0.15, 0.2) is 11.5 Å². The first-order chi connectivity index (χ1) is 12.1. The molecule has 3 aromatic rings. The molecule has 0 fully saturated rings. The van der Waals surface area contributed by atoms with E-state index in [0.717, 1.165) is 16.3 Å². The van der Waals surface area contributed by atoms with Crippen LogP contribution in [0.4, 0.5) is 0 Å². The van der Waals surface area contributed by atoms with Gasteiger partial charge in [-0.05, 0) is 44.4 Å². The van der Waals surface area contributed by atoms with Crippen molar-refractivity contribution in [3.63, 3.8) is 0 Å². The van der Waals surface area contributed by atoms with Gasteiger partial charge in [0, 0.05) is 12.1 Å². The third-order valence-electron chi connectivity index (χ3n) is 4.02. The van der Waals surface area contributed by atoms with Gasteiger partial charge in [0.1, 0.15) is 0 Å². The molecule has 3 aromatic carbocycles. The van der Waals surface area contributed by atoms with Crippen LogP contribution >= 0.6 is 15.9 Å². The van der Waals surface area contributed by atoms with Crippen molar-refractivity contribution < 1.29 is 14.3 Å². The molecule has 0 saturated carbocycles. The maximum Gasteiger partial charge on any atom is 0.251 e. The Labute approximate surface area is 154 Å². The highest BCUT2D eigenvalue weighted by atomic mass is 79.9. The Hall–Kier alpha value is -2.53. The average Bonchev–Trinajstić information content (AvgIpc) is 2.65. The van der Waals surface area contributed by atoms with Crippen LogP contribution in [0.25, 0.3) is 10.8 Å². The summed E-state index contributed by atoms with van der Waals surface area (Å²) in [4.78, 5) is 12.5. The Morgan fingerprint density at radius 2 is 1.80 bits per heavy atom. The van der Waals surface area contributed by atoms with E-state index in [1.807, 2.05) is 24.3 Å². The number of ether oxygens (including phenoxy) is 2. The second-order valence-corrected chi connectivity index (χ2v) is 6.37. The fraction of sp³-hybridized carbons (Fsp3) is 0.150. The van der Waals surface area contributed by atoms with E-state index in [1.165, 1.54) is 0 Å². The van der Waals surface area contributed by atoms with Crippen LogP contribution in [0.1, 0.15) is 15.9 Å². The molecular weight excluding hydrogens is 382 g/mol. The smallest absolute Gasteiger partial charge is 0.251 e. The van der Waals surface area contributed by atoms with Crippen LogP contribution in [0, 0.1) is 0 Å². The lowest BCUT2D eigenvalue weighted by Crippen LogP contribution is -2.23. The number of halogens is 1. The number of hydrogen-bond acceptors (Lipinski definition) is 3. The molecule has 0 aromatic heterocycles. The van der Waals surface area contributed by atoms with E-state index in [9.17, 15) is 4.79 Å². The highest BCUT2D eigenvalue weighted by molar-refractivity contribution is 9.10. The van der Waals surface area contributed by atoms with Crippen molar-refractivity contribution in [3.8, 4) is 11.5 Å². The van der Waals surface area contributed by atoms with Gasteiger partial charge < -0.3 is 14.8 Å². The fourth-order valence-corrected chi connectivity index (χ4v) is 3.38. The largest absolute Gasteiger partial charge is 0.493 e. The van der Waals surface area contributed by atoms with Crippen LogP contribution in [-0.4, -0.2) is 20.1 Å². The maximum absolute atomic E-state index is 12.5. The predicted molar refractivity (Wildman–Crippen MR) is 102 cm³/mol. The van der Waals surface area contributed by atoms with Crippen LogP contribution in [0.15, 0.2) is 59.1 Å². The van der Waals surface area contributed by atoms with Gasteiger partial charge in [-0.25, -0.2) is 0 Å². The third kappa shape index (κ3) is 3.61. The molecule has 128 valence electrons. The molecule has 0 heterocycles. The van der Waals surface area contributed by atoms with Gasteiger partial charge in [-0.1, -0.05) is 42.5 Å². The zero-order valence-corrected chi connectivity index (χ0v) is 15.6. The van der Waals surface area contributed by atoms with Gasteiger partial charge in [-0.15, -0.1) is 0 Å². The first-order valence-electron chi connectivity index (χ1n) is 7.80. The number of carbonyl (C=O) groups excluding carboxylic acids is 1. The zero-order chi connectivity index (χ0) is 17.8. The summed E-state index contributed by atoms with van der Waals surface area (Å²) >= 11 is 3.41. The lowest BCUT2D eigenvalue weighted by Gasteiger charge is -2.13. The quantitative estimate of drug-likeness (QED) is 0.684. The van der Waals surface area contributed by atoms with Crippen LogP contribution in [0.2, 0.25) is 0 Å². The molecule has 3 rings (SSSR count). The predicted octanol–water partition coefficient (Wildman–Crippen LogP) is 4.55. The van der Waals surface area contributed by atoms with E-state index in [1.54, 1.807) is 26.4 Å². The van der Waals surface area contributed by atoms with Crippen LogP contribution in [0.3, 0.4) is 0 Å². The second-order valence-electron chi connectivity index (χ2n) is 5.51. The van der Waals surface area contributed by atoms with E-state index >= 15 is 0 Å². The fourth-order valence-electron chi connectivity index (χ4n) is 2.77. The Balaban J connectivity index is 1.82. The Bertz CT molecular complexity index is 919. The van der Waals surface area contributed by atoms with Crippen molar-refractivity contribution >= 4 is 32.6 Å². The van der Waals surface area contributed by atoms with Gasteiger partial charge >= 0.3 is 0 Å². The standard InChI is InChI=1S/C20H18BrNO3/c1-24-18-11-15(10-17(21)19(18)25-2)20(23)22-12-14-8-5-7-13-6-3-4-9-16(13)14/h3-11H,12H2,1-2H3,(H,22,23). The van der Waals surface area contributed by atoms with E-state index in [4.69, 9.17) is 9.47 Å². The minimum atomic E-state index is -0.172. The summed E-state index contributed by atoms with van der Waals surface area (Å²) < 4.78 is 11.2. The molecule has 5 heteroatoms. The minimum absolute atomic E-state index is 0.172. The molecule has 1 amide bonds. The van der Waals surface area contributed by atoms with E-state index in [-0.39, 0.29) is 5.91 Å². The molecule has 1 N–H and O–H groups in total. The number of methoxy groups -OCH3 is 2. The van der Waals surface area contributed by atoms with Crippen LogP contribution in [0.5, 0.6) is 11.5 Å². The highest BCUT2D eigenvalue weighted by Crippen LogP contribution is 2.36. The number of fused-ring (bicyclic) bond motifs is 1. The summed E-state index contributed by atoms with van der Waals surface area (Å²) in [6.45, 7) is 0.451. The molecule has 0 unspecified atom stereocenters. The highest BCUT2D eigenvalue weighted by Gasteiger charge is 2.15. The summed E-state index contributed by atoms with van der Waals surface area (Å²) in [6.07, 6.45) is 0. The third-order valence-corrected chi connectivity index (χ3v) is 4.60. The number of carbonyl (C=O) groups is 1. The number of rotatable bonds is 5. The van der Waals surface area contributed by atoms with Crippen molar-refractivity contribution in [2.75, 3.05) is 14.2 Å². The Morgan fingerprint density at radius 1 is 1.04 bits per heavy atom. The number of nitrogens with one attached hydrogen (secondary N) is 1. The molecule has 0 aliphatic heterocycles. The number of amides is 1. The molecule has 0 aliphatic rings. The molecule has 0 aliphatic carbocycles. The van der Waals surface area contributed by atoms with E-state index < -0.39 is 0 Å². The van der Waals surface area contributed by atoms with Gasteiger partial charge in [0.2, 0.25) is 0 Å². The molecule has 0 saturated heterocycles. The van der Waals surface area contributed by atoms with Crippen molar-refractivity contribution in [3.05, 3.63) is 70.2 Å². The van der Waals surface area contributed by atoms with Gasteiger partial charge in [-0.3, -0.25) is 4.79 Å². The lowest BCUT2D eigenvalue weighted by molar-refractivity contribution is 0.0950. The van der Waals surface area contributed by atoms with Crippen molar-refractivity contribution in [1.29, 1.82) is 0 Å². The van der Waals surface area contributed by atoms with Crippen molar-refractivity contribution in [2.45, 2.75) is 6.54 Å². The topological polar surface area (TPSA) is 47.6 Å². The molecule has 0 radical (unpaired) electrons. The molecule has 25 heavy (non-hydrogen) atoms. The van der Waals surface area contributed by atoms with Crippen LogP contribution < -0.4 is 14.8 Å². The summed E-state index contributed by atoms with van der Waals surface area (Å²) in [7, 11) is 3.10. The zero-order valence-electron chi connectivity index (χ0n) is 14.0. The minimum Gasteiger partial charge on any atom is -0.493 e. The summed E-state index contributed by atoms with van der Waals surface area (Å²) in [6, 6.07) is 17.6. The molecule has 0 bridgehead atoms. The number of hydrogen-bond donors (Lipinski definition) is 1. The normalized spacial score (nSPS) is 10.5. The van der Waals surface area contributed by atoms with E-state index in [0.29, 0.717) is 28.1 Å². The van der Waals surface area contributed by atoms with Gasteiger partial charge in [-0.2, -0.15) is 0 Å². The van der Waals surface area contributed by atoms with Crippen LogP contribution in [-0.2, 0) is 6.54 Å². The van der Waals surface area contributed by atoms with Crippen molar-refractivity contribution in [1.82, 2.24) is 5.32 Å². The maximum atomic E-state index is 12.5. The first-order valence-corrected chi connectivity index (χ1v) is 8.59. The summed E-state index contributed by atoms with van der Waals surface area (Å²) in [5.74, 6) is 0.898. The summed E-state index contributed by atoms with van der Waals surface area (Å²) in [5.41, 5.74) is 1.58. The van der Waals surface area contributed by atoms with Gasteiger partial charge in [0.05, 0.1) is 18.7 Å². The molecule has 0 spiro atoms. The Morgan fingerprint density at radius 3 is 2.56 bits per heavy atom. The summed E-state index contributed by atoms with van der Waals surface area (Å²) in [5, 5.41) is 5.26. The number of benzene rings is 3. The first kappa shape index (κ1) is 17.3. The molecular formula is C20H18BrNO3. The Kier molecular flexibility index (Phi) is 5.24. The molecule has 0 atom stereocenters. The SMILES string of the molecule is COc1cc(C(=O)NCc2cccc3ccccc23)cc(Br)c1OC. The monoisotopic (exact) mass is 399 g/mol. The van der Waals surface area contributed by atoms with Crippen molar-refractivity contribution in [2.24, 2.45) is 0 Å². The van der Waals surface area contributed by atoms with E-state index in [2.05, 4.69) is 39.4 Å².